The van der Waals surface area contributed by atoms with E-state index in [2.05, 4.69) is 10.6 Å². The van der Waals surface area contributed by atoms with Gasteiger partial charge in [-0.1, -0.05) is 6.07 Å². The van der Waals surface area contributed by atoms with E-state index in [9.17, 15) is 4.79 Å². The highest BCUT2D eigenvalue weighted by molar-refractivity contribution is 5.91. The van der Waals surface area contributed by atoms with Crippen molar-refractivity contribution in [2.45, 2.75) is 44.7 Å². The summed E-state index contributed by atoms with van der Waals surface area (Å²) in [6.45, 7) is 2.01. The standard InChI is InChI=1S/C17H24N4O/c1-11-6-7-12(8-15(11)16(18)10-19-2)20-17(22)21-13-4-3-5-14(21)9-13/h6-8,10,13-14,19H,3-5,9,18H2,1-2H3,(H,20,22)/b16-10-. The van der Waals surface area contributed by atoms with Gasteiger partial charge in [-0.2, -0.15) is 0 Å². The van der Waals surface area contributed by atoms with Crippen LogP contribution in [0.2, 0.25) is 0 Å². The smallest absolute Gasteiger partial charge is 0.322 e. The molecule has 2 fully saturated rings. The number of anilines is 1. The zero-order chi connectivity index (χ0) is 15.7. The normalized spacial score (nSPS) is 23.7. The Hall–Kier alpha value is -2.17. The number of rotatable bonds is 3. The molecule has 0 radical (unpaired) electrons. The molecule has 2 aliphatic heterocycles. The van der Waals surface area contributed by atoms with E-state index < -0.39 is 0 Å². The first-order chi connectivity index (χ1) is 10.6. The molecule has 3 rings (SSSR count). The van der Waals surface area contributed by atoms with Crippen LogP contribution in [-0.2, 0) is 0 Å². The molecule has 2 amide bonds. The van der Waals surface area contributed by atoms with Crippen LogP contribution in [0.3, 0.4) is 0 Å². The van der Waals surface area contributed by atoms with Crippen molar-refractivity contribution < 1.29 is 4.79 Å². The molecule has 2 heterocycles. The lowest BCUT2D eigenvalue weighted by Crippen LogP contribution is -2.62. The lowest BCUT2D eigenvalue weighted by Gasteiger charge is -2.52. The van der Waals surface area contributed by atoms with Crippen LogP contribution in [0, 0.1) is 6.92 Å². The largest absolute Gasteiger partial charge is 0.397 e. The summed E-state index contributed by atoms with van der Waals surface area (Å²) in [5.74, 6) is 0. The number of carbonyl (C=O) groups excluding carboxylic acids is 1. The summed E-state index contributed by atoms with van der Waals surface area (Å²) in [6.07, 6.45) is 6.46. The Balaban J connectivity index is 1.74. The maximum absolute atomic E-state index is 12.5. The van der Waals surface area contributed by atoms with Gasteiger partial charge in [0.15, 0.2) is 0 Å². The number of hydrogen-bond acceptors (Lipinski definition) is 3. The molecule has 2 bridgehead atoms. The maximum Gasteiger partial charge on any atom is 0.322 e. The molecular formula is C17H24N4O. The van der Waals surface area contributed by atoms with Crippen molar-refractivity contribution in [3.05, 3.63) is 35.5 Å². The number of benzene rings is 1. The molecule has 1 aromatic carbocycles. The molecule has 0 aliphatic carbocycles. The molecule has 2 aliphatic rings. The number of nitrogens with zero attached hydrogens (tertiary/aromatic N) is 1. The minimum absolute atomic E-state index is 0.0203. The molecule has 0 saturated carbocycles. The van der Waals surface area contributed by atoms with Gasteiger partial charge in [-0.3, -0.25) is 0 Å². The Morgan fingerprint density at radius 2 is 2.09 bits per heavy atom. The third-order valence-corrected chi connectivity index (χ3v) is 4.74. The van der Waals surface area contributed by atoms with Gasteiger partial charge < -0.3 is 21.3 Å². The van der Waals surface area contributed by atoms with Gasteiger partial charge in [-0.15, -0.1) is 0 Å². The molecule has 0 aromatic heterocycles. The molecule has 1 aromatic rings. The van der Waals surface area contributed by atoms with Gasteiger partial charge in [0.2, 0.25) is 0 Å². The lowest BCUT2D eigenvalue weighted by atomic mass is 9.80. The van der Waals surface area contributed by atoms with Gasteiger partial charge in [0.05, 0.1) is 5.70 Å². The Morgan fingerprint density at radius 3 is 2.73 bits per heavy atom. The van der Waals surface area contributed by atoms with E-state index in [1.54, 1.807) is 6.20 Å². The summed E-state index contributed by atoms with van der Waals surface area (Å²) in [6, 6.07) is 6.76. The zero-order valence-corrected chi connectivity index (χ0v) is 13.2. The van der Waals surface area contributed by atoms with E-state index >= 15 is 0 Å². The molecule has 0 spiro atoms. The van der Waals surface area contributed by atoms with Crippen molar-refractivity contribution in [2.24, 2.45) is 5.73 Å². The first-order valence-corrected chi connectivity index (χ1v) is 7.93. The zero-order valence-electron chi connectivity index (χ0n) is 13.2. The van der Waals surface area contributed by atoms with Gasteiger partial charge in [0.25, 0.3) is 0 Å². The summed E-state index contributed by atoms with van der Waals surface area (Å²) in [7, 11) is 1.82. The van der Waals surface area contributed by atoms with E-state index in [-0.39, 0.29) is 6.03 Å². The molecule has 2 saturated heterocycles. The molecule has 2 unspecified atom stereocenters. The van der Waals surface area contributed by atoms with Crippen molar-refractivity contribution in [1.29, 1.82) is 0 Å². The fourth-order valence-electron chi connectivity index (χ4n) is 3.57. The average Bonchev–Trinajstić information content (AvgIpc) is 2.50. The second kappa shape index (κ2) is 5.91. The number of amides is 2. The molecular weight excluding hydrogens is 276 g/mol. The minimum Gasteiger partial charge on any atom is -0.397 e. The van der Waals surface area contributed by atoms with Crippen molar-refractivity contribution in [3.8, 4) is 0 Å². The highest BCUT2D eigenvalue weighted by Gasteiger charge is 2.44. The molecule has 5 nitrogen and oxygen atoms in total. The lowest BCUT2D eigenvalue weighted by molar-refractivity contribution is 0.0173. The van der Waals surface area contributed by atoms with Gasteiger partial charge in [0.1, 0.15) is 0 Å². The van der Waals surface area contributed by atoms with Gasteiger partial charge in [0, 0.05) is 36.6 Å². The molecule has 118 valence electrons. The van der Waals surface area contributed by atoms with Gasteiger partial charge in [-0.05, 0) is 50.3 Å². The van der Waals surface area contributed by atoms with Crippen LogP contribution in [0.25, 0.3) is 5.70 Å². The fourth-order valence-corrected chi connectivity index (χ4v) is 3.57. The van der Waals surface area contributed by atoms with Crippen LogP contribution in [-0.4, -0.2) is 30.1 Å². The SMILES string of the molecule is CN/C=C(\N)c1cc(NC(=O)N2C3CCCC2C3)ccc1C. The van der Waals surface area contributed by atoms with Crippen LogP contribution in [0.5, 0.6) is 0 Å². The van der Waals surface area contributed by atoms with Crippen LogP contribution in [0.4, 0.5) is 10.5 Å². The van der Waals surface area contributed by atoms with Gasteiger partial charge in [-0.25, -0.2) is 4.79 Å². The second-order valence-electron chi connectivity index (χ2n) is 6.23. The Labute approximate surface area is 131 Å². The summed E-state index contributed by atoms with van der Waals surface area (Å²) >= 11 is 0. The highest BCUT2D eigenvalue weighted by atomic mass is 16.2. The summed E-state index contributed by atoms with van der Waals surface area (Å²) in [5, 5.41) is 5.95. The molecule has 5 heteroatoms. The first-order valence-electron chi connectivity index (χ1n) is 7.93. The average molecular weight is 300 g/mol. The van der Waals surface area contributed by atoms with E-state index in [0.29, 0.717) is 17.8 Å². The molecule has 2 atom stereocenters. The van der Waals surface area contributed by atoms with E-state index in [4.69, 9.17) is 5.73 Å². The fraction of sp³-hybridized carbons (Fsp3) is 0.471. The number of hydrogen-bond donors (Lipinski definition) is 3. The Bertz CT molecular complexity index is 597. The number of nitrogens with one attached hydrogen (secondary N) is 2. The van der Waals surface area contributed by atoms with Crippen LogP contribution in [0.1, 0.15) is 36.8 Å². The van der Waals surface area contributed by atoms with E-state index in [1.807, 2.05) is 37.1 Å². The van der Waals surface area contributed by atoms with Gasteiger partial charge >= 0.3 is 6.03 Å². The summed E-state index contributed by atoms with van der Waals surface area (Å²) in [4.78, 5) is 14.5. The maximum atomic E-state index is 12.5. The number of aryl methyl sites for hydroxylation is 1. The predicted octanol–water partition coefficient (Wildman–Crippen LogP) is 2.63. The van der Waals surface area contributed by atoms with Crippen molar-refractivity contribution >= 4 is 17.4 Å². The minimum atomic E-state index is 0.0203. The summed E-state index contributed by atoms with van der Waals surface area (Å²) in [5.41, 5.74) is 9.54. The number of urea groups is 1. The Kier molecular flexibility index (Phi) is 3.96. The topological polar surface area (TPSA) is 70.4 Å². The second-order valence-corrected chi connectivity index (χ2v) is 6.23. The van der Waals surface area contributed by atoms with Crippen molar-refractivity contribution in [1.82, 2.24) is 10.2 Å². The Morgan fingerprint density at radius 1 is 1.36 bits per heavy atom. The number of carbonyl (C=O) groups is 1. The summed E-state index contributed by atoms with van der Waals surface area (Å²) < 4.78 is 0. The quantitative estimate of drug-likeness (QED) is 0.803. The number of piperidine rings is 1. The predicted molar refractivity (Wildman–Crippen MR) is 89.3 cm³/mol. The number of fused-ring (bicyclic) bond motifs is 2. The number of nitrogens with two attached hydrogens (primary N) is 1. The first kappa shape index (κ1) is 14.8. The van der Waals surface area contributed by atoms with E-state index in [1.165, 1.54) is 12.8 Å². The van der Waals surface area contributed by atoms with Crippen LogP contribution < -0.4 is 16.4 Å². The molecule has 22 heavy (non-hydrogen) atoms. The van der Waals surface area contributed by atoms with Crippen molar-refractivity contribution in [2.75, 3.05) is 12.4 Å². The van der Waals surface area contributed by atoms with E-state index in [0.717, 1.165) is 29.7 Å². The highest BCUT2D eigenvalue weighted by Crippen LogP contribution is 2.38. The third kappa shape index (κ3) is 2.63. The molecule has 4 N–H and O–H groups in total. The van der Waals surface area contributed by atoms with Crippen molar-refractivity contribution in [3.63, 3.8) is 0 Å². The van der Waals surface area contributed by atoms with Crippen LogP contribution >= 0.6 is 0 Å². The third-order valence-electron chi connectivity index (χ3n) is 4.74. The monoisotopic (exact) mass is 300 g/mol. The van der Waals surface area contributed by atoms with Crippen LogP contribution in [0.15, 0.2) is 24.4 Å².